The molecule has 3 rings (SSSR count). The van der Waals surface area contributed by atoms with E-state index in [0.717, 1.165) is 16.7 Å². The van der Waals surface area contributed by atoms with Crippen molar-refractivity contribution < 1.29 is 28.6 Å². The van der Waals surface area contributed by atoms with Gasteiger partial charge in [-0.15, -0.1) is 0 Å². The van der Waals surface area contributed by atoms with E-state index in [4.69, 9.17) is 25.8 Å². The highest BCUT2D eigenvalue weighted by Crippen LogP contribution is 2.39. The van der Waals surface area contributed by atoms with Gasteiger partial charge in [0.2, 0.25) is 0 Å². The van der Waals surface area contributed by atoms with E-state index in [-0.39, 0.29) is 52.3 Å². The van der Waals surface area contributed by atoms with E-state index >= 15 is 0 Å². The normalized spacial score (nSPS) is 14.7. The average molecular weight is 477 g/mol. The van der Waals surface area contributed by atoms with E-state index in [2.05, 4.69) is 5.32 Å². The zero-order valence-corrected chi connectivity index (χ0v) is 19.0. The van der Waals surface area contributed by atoms with Crippen LogP contribution in [0.15, 0.2) is 47.4 Å². The molecule has 0 aliphatic carbocycles. The lowest BCUT2D eigenvalue weighted by atomic mass is 10.1. The zero-order chi connectivity index (χ0) is 23.1. The maximum absolute atomic E-state index is 12.5. The number of methoxy groups -OCH3 is 2. The third-order valence-electron chi connectivity index (χ3n) is 4.35. The molecule has 0 saturated carbocycles. The number of ether oxygens (including phenoxy) is 3. The van der Waals surface area contributed by atoms with Gasteiger partial charge in [-0.05, 0) is 47.7 Å². The Morgan fingerprint density at radius 2 is 1.94 bits per heavy atom. The number of hydrogen-bond donors (Lipinski definition) is 1. The fourth-order valence-electron chi connectivity index (χ4n) is 2.85. The van der Waals surface area contributed by atoms with Crippen LogP contribution in [0.25, 0.3) is 6.08 Å². The highest BCUT2D eigenvalue weighted by molar-refractivity contribution is 8.18. The minimum atomic E-state index is -0.398. The number of nitrogens with one attached hydrogen (secondary N) is 1. The SMILES string of the molecule is COCCN1C(=O)S/C(=C/c2cc(Cl)c(OCC(=O)Nc3ccccc3)c(OC)c2)C1=O. The third kappa shape index (κ3) is 5.82. The molecule has 1 saturated heterocycles. The maximum atomic E-state index is 12.5. The number of rotatable bonds is 9. The summed E-state index contributed by atoms with van der Waals surface area (Å²) in [5.41, 5.74) is 1.19. The van der Waals surface area contributed by atoms with E-state index in [0.29, 0.717) is 11.3 Å². The number of hydrogen-bond acceptors (Lipinski definition) is 7. The molecule has 0 bridgehead atoms. The van der Waals surface area contributed by atoms with E-state index in [9.17, 15) is 14.4 Å². The molecule has 168 valence electrons. The standard InChI is InChI=1S/C22H21ClN2O6S/c1-29-9-8-25-21(27)18(32-22(25)28)12-14-10-16(23)20(17(11-14)30-2)31-13-19(26)24-15-6-4-3-5-7-15/h3-7,10-12H,8-9,13H2,1-2H3,(H,24,26)/b18-12+. The number of para-hydroxylation sites is 1. The molecule has 1 aliphatic rings. The number of halogens is 1. The van der Waals surface area contributed by atoms with Crippen LogP contribution < -0.4 is 14.8 Å². The summed E-state index contributed by atoms with van der Waals surface area (Å²) in [5.74, 6) is -0.272. The Bertz CT molecular complexity index is 1040. The minimum Gasteiger partial charge on any atom is -0.493 e. The molecule has 2 aromatic carbocycles. The van der Waals surface area contributed by atoms with Gasteiger partial charge in [-0.3, -0.25) is 19.3 Å². The van der Waals surface area contributed by atoms with Gasteiger partial charge < -0.3 is 19.5 Å². The minimum absolute atomic E-state index is 0.181. The number of imide groups is 1. The van der Waals surface area contributed by atoms with Crippen molar-refractivity contribution in [3.05, 3.63) is 58.0 Å². The Labute approximate surface area is 194 Å². The molecule has 0 atom stereocenters. The lowest BCUT2D eigenvalue weighted by molar-refractivity contribution is -0.123. The quantitative estimate of drug-likeness (QED) is 0.545. The van der Waals surface area contributed by atoms with Crippen molar-refractivity contribution in [3.8, 4) is 11.5 Å². The molecule has 1 aliphatic heterocycles. The van der Waals surface area contributed by atoms with Crippen molar-refractivity contribution in [2.75, 3.05) is 39.3 Å². The van der Waals surface area contributed by atoms with Gasteiger partial charge in [0.1, 0.15) is 0 Å². The molecule has 2 aromatic rings. The Hall–Kier alpha value is -3.01. The molecular formula is C22H21ClN2O6S. The summed E-state index contributed by atoms with van der Waals surface area (Å²) in [4.78, 5) is 38.1. The zero-order valence-electron chi connectivity index (χ0n) is 17.4. The molecular weight excluding hydrogens is 456 g/mol. The van der Waals surface area contributed by atoms with Crippen LogP contribution in [0.3, 0.4) is 0 Å². The maximum Gasteiger partial charge on any atom is 0.293 e. The van der Waals surface area contributed by atoms with Crippen LogP contribution in [0.1, 0.15) is 5.56 Å². The van der Waals surface area contributed by atoms with Crippen LogP contribution in [0, 0.1) is 0 Å². The van der Waals surface area contributed by atoms with Gasteiger partial charge >= 0.3 is 0 Å². The molecule has 0 unspecified atom stereocenters. The Morgan fingerprint density at radius 3 is 2.62 bits per heavy atom. The van der Waals surface area contributed by atoms with Crippen molar-refractivity contribution in [1.82, 2.24) is 4.90 Å². The van der Waals surface area contributed by atoms with Crippen molar-refractivity contribution in [1.29, 1.82) is 0 Å². The van der Waals surface area contributed by atoms with Crippen LogP contribution in [0.5, 0.6) is 11.5 Å². The summed E-state index contributed by atoms with van der Waals surface area (Å²) < 4.78 is 15.9. The Kier molecular flexibility index (Phi) is 8.15. The topological polar surface area (TPSA) is 94.2 Å². The monoisotopic (exact) mass is 476 g/mol. The first-order chi connectivity index (χ1) is 15.4. The second-order valence-electron chi connectivity index (χ2n) is 6.56. The van der Waals surface area contributed by atoms with Gasteiger partial charge in [0.05, 0.1) is 30.2 Å². The van der Waals surface area contributed by atoms with Crippen LogP contribution in [0.4, 0.5) is 10.5 Å². The van der Waals surface area contributed by atoms with E-state index in [1.807, 2.05) is 6.07 Å². The molecule has 32 heavy (non-hydrogen) atoms. The van der Waals surface area contributed by atoms with Crippen LogP contribution in [-0.2, 0) is 14.3 Å². The molecule has 0 spiro atoms. The second kappa shape index (κ2) is 11.0. The highest BCUT2D eigenvalue weighted by Gasteiger charge is 2.34. The fourth-order valence-corrected chi connectivity index (χ4v) is 3.98. The molecule has 0 radical (unpaired) electrons. The summed E-state index contributed by atoms with van der Waals surface area (Å²) in [7, 11) is 2.93. The van der Waals surface area contributed by atoms with Gasteiger partial charge in [0.25, 0.3) is 17.1 Å². The van der Waals surface area contributed by atoms with E-state index in [1.54, 1.807) is 42.5 Å². The molecule has 1 N–H and O–H groups in total. The van der Waals surface area contributed by atoms with Gasteiger partial charge in [-0.25, -0.2) is 0 Å². The van der Waals surface area contributed by atoms with Crippen LogP contribution in [0.2, 0.25) is 5.02 Å². The largest absolute Gasteiger partial charge is 0.493 e. The van der Waals surface area contributed by atoms with Crippen molar-refractivity contribution >= 4 is 52.2 Å². The van der Waals surface area contributed by atoms with E-state index < -0.39 is 5.91 Å². The van der Waals surface area contributed by atoms with Crippen molar-refractivity contribution in [2.45, 2.75) is 0 Å². The van der Waals surface area contributed by atoms with Crippen LogP contribution >= 0.6 is 23.4 Å². The van der Waals surface area contributed by atoms with Gasteiger partial charge in [-0.1, -0.05) is 29.8 Å². The lowest BCUT2D eigenvalue weighted by Gasteiger charge is -2.13. The van der Waals surface area contributed by atoms with Crippen molar-refractivity contribution in [2.24, 2.45) is 0 Å². The summed E-state index contributed by atoms with van der Waals surface area (Å²) in [6.07, 6.45) is 1.55. The molecule has 1 fully saturated rings. The highest BCUT2D eigenvalue weighted by atomic mass is 35.5. The molecule has 10 heteroatoms. The summed E-state index contributed by atoms with van der Waals surface area (Å²) in [5, 5.41) is 2.55. The number of nitrogens with zero attached hydrogens (tertiary/aromatic N) is 1. The average Bonchev–Trinajstić information content (AvgIpc) is 3.04. The number of benzene rings is 2. The first-order valence-corrected chi connectivity index (χ1v) is 10.7. The Morgan fingerprint density at radius 1 is 1.19 bits per heavy atom. The first-order valence-electron chi connectivity index (χ1n) is 9.52. The fraction of sp³-hybridized carbons (Fsp3) is 0.227. The summed E-state index contributed by atoms with van der Waals surface area (Å²) in [6, 6.07) is 12.2. The number of amides is 3. The predicted molar refractivity (Wildman–Crippen MR) is 123 cm³/mol. The number of carbonyl (C=O) groups excluding carboxylic acids is 3. The van der Waals surface area contributed by atoms with Gasteiger partial charge in [0.15, 0.2) is 18.1 Å². The van der Waals surface area contributed by atoms with Gasteiger partial charge in [-0.2, -0.15) is 0 Å². The number of carbonyl (C=O) groups is 3. The number of anilines is 1. The van der Waals surface area contributed by atoms with Crippen molar-refractivity contribution in [3.63, 3.8) is 0 Å². The summed E-state index contributed by atoms with van der Waals surface area (Å²) >= 11 is 7.19. The molecule has 8 nitrogen and oxygen atoms in total. The molecule has 1 heterocycles. The first kappa shape index (κ1) is 23.6. The Balaban J connectivity index is 1.72. The predicted octanol–water partition coefficient (Wildman–Crippen LogP) is 4.05. The summed E-state index contributed by atoms with van der Waals surface area (Å²) in [6.45, 7) is 0.165. The lowest BCUT2D eigenvalue weighted by Crippen LogP contribution is -2.31. The van der Waals surface area contributed by atoms with E-state index in [1.165, 1.54) is 14.2 Å². The smallest absolute Gasteiger partial charge is 0.293 e. The molecule has 3 amide bonds. The second-order valence-corrected chi connectivity index (χ2v) is 7.96. The van der Waals surface area contributed by atoms with Gasteiger partial charge in [0, 0.05) is 12.8 Å². The molecule has 0 aromatic heterocycles. The van der Waals surface area contributed by atoms with Crippen LogP contribution in [-0.4, -0.2) is 55.9 Å². The number of thioether (sulfide) groups is 1. The third-order valence-corrected chi connectivity index (χ3v) is 5.54.